The first-order valence-corrected chi connectivity index (χ1v) is 6.57. The highest BCUT2D eigenvalue weighted by Crippen LogP contribution is 2.44. The topological polar surface area (TPSA) is 49.7 Å². The molecule has 1 aliphatic heterocycles. The maximum atomic E-state index is 10.9. The minimum absolute atomic E-state index is 0.0837. The van der Waals surface area contributed by atoms with Gasteiger partial charge in [0.05, 0.1) is 5.71 Å². The minimum atomic E-state index is -0.849. The summed E-state index contributed by atoms with van der Waals surface area (Å²) in [6.45, 7) is 4.26. The van der Waals surface area contributed by atoms with Crippen molar-refractivity contribution in [3.8, 4) is 0 Å². The van der Waals surface area contributed by atoms with Gasteiger partial charge in [-0.05, 0) is 18.3 Å². The number of fused-ring (bicyclic) bond motifs is 1. The molecule has 3 nitrogen and oxygen atoms in total. The number of aliphatic carboxylic acids is 1. The highest BCUT2D eigenvalue weighted by molar-refractivity contribution is 8.04. The maximum Gasteiger partial charge on any atom is 0.329 e. The van der Waals surface area contributed by atoms with Gasteiger partial charge in [0.25, 0.3) is 0 Å². The number of thioether (sulfide) groups is 1. The van der Waals surface area contributed by atoms with Gasteiger partial charge < -0.3 is 5.11 Å². The number of aliphatic imine (C=N–C) groups is 1. The molecule has 0 aromatic heterocycles. The van der Waals surface area contributed by atoms with E-state index in [1.54, 1.807) is 0 Å². The third-order valence-electron chi connectivity index (χ3n) is 2.77. The molecule has 0 radical (unpaired) electrons. The fourth-order valence-electron chi connectivity index (χ4n) is 2.03. The summed E-state index contributed by atoms with van der Waals surface area (Å²) in [6, 6.07) is -0.609. The van der Waals surface area contributed by atoms with Crippen molar-refractivity contribution in [2.75, 3.05) is 5.75 Å². The van der Waals surface area contributed by atoms with Gasteiger partial charge >= 0.3 is 5.97 Å². The van der Waals surface area contributed by atoms with Gasteiger partial charge in [0.1, 0.15) is 0 Å². The van der Waals surface area contributed by atoms with E-state index in [9.17, 15) is 4.79 Å². The number of halogens is 1. The number of carboxylic acid groups (broad SMARTS) is 1. The molecule has 16 heavy (non-hydrogen) atoms. The van der Waals surface area contributed by atoms with Crippen LogP contribution >= 0.6 is 23.4 Å². The molecule has 1 unspecified atom stereocenters. The third kappa shape index (κ3) is 2.28. The summed E-state index contributed by atoms with van der Waals surface area (Å²) < 4.78 is 0. The zero-order valence-corrected chi connectivity index (χ0v) is 10.9. The Kier molecular flexibility index (Phi) is 3.05. The van der Waals surface area contributed by atoms with E-state index in [4.69, 9.17) is 16.7 Å². The second-order valence-electron chi connectivity index (χ2n) is 4.99. The molecule has 2 rings (SSSR count). The molecule has 0 saturated carbocycles. The Hall–Kier alpha value is -0.480. The molecule has 88 valence electrons. The maximum absolute atomic E-state index is 10.9. The molecule has 1 atom stereocenters. The Morgan fingerprint density at radius 3 is 2.88 bits per heavy atom. The van der Waals surface area contributed by atoms with Gasteiger partial charge in [-0.15, -0.1) is 11.8 Å². The number of carbonyl (C=O) groups is 1. The monoisotopic (exact) mass is 259 g/mol. The van der Waals surface area contributed by atoms with E-state index in [2.05, 4.69) is 18.8 Å². The van der Waals surface area contributed by atoms with Gasteiger partial charge in [-0.1, -0.05) is 25.4 Å². The van der Waals surface area contributed by atoms with Crippen LogP contribution in [-0.4, -0.2) is 28.6 Å². The predicted octanol–water partition coefficient (Wildman–Crippen LogP) is 2.90. The van der Waals surface area contributed by atoms with Crippen LogP contribution in [0.5, 0.6) is 0 Å². The van der Waals surface area contributed by atoms with Crippen LogP contribution in [0, 0.1) is 5.41 Å². The van der Waals surface area contributed by atoms with Crippen LogP contribution in [0.15, 0.2) is 14.9 Å². The Morgan fingerprint density at radius 2 is 2.25 bits per heavy atom. The number of hydrogen-bond acceptors (Lipinski definition) is 3. The molecule has 0 spiro atoms. The van der Waals surface area contributed by atoms with Gasteiger partial charge in [0, 0.05) is 15.7 Å². The van der Waals surface area contributed by atoms with Crippen molar-refractivity contribution in [3.63, 3.8) is 0 Å². The van der Waals surface area contributed by atoms with Gasteiger partial charge in [-0.3, -0.25) is 4.99 Å². The summed E-state index contributed by atoms with van der Waals surface area (Å²) >= 11 is 7.76. The summed E-state index contributed by atoms with van der Waals surface area (Å²) in [5, 5.41) is 9.79. The lowest BCUT2D eigenvalue weighted by Crippen LogP contribution is -2.32. The molecule has 0 saturated heterocycles. The Balaban J connectivity index is 2.35. The lowest BCUT2D eigenvalue weighted by Gasteiger charge is -2.34. The highest BCUT2D eigenvalue weighted by atomic mass is 35.5. The molecule has 0 aromatic carbocycles. The van der Waals surface area contributed by atoms with Crippen molar-refractivity contribution in [1.29, 1.82) is 0 Å². The zero-order valence-electron chi connectivity index (χ0n) is 9.29. The Labute approximate surface area is 104 Å². The average molecular weight is 260 g/mol. The summed E-state index contributed by atoms with van der Waals surface area (Å²) in [5.74, 6) is -0.358. The van der Waals surface area contributed by atoms with E-state index in [0.29, 0.717) is 5.75 Å². The first-order valence-electron chi connectivity index (χ1n) is 5.20. The van der Waals surface area contributed by atoms with Crippen molar-refractivity contribution < 1.29 is 9.90 Å². The van der Waals surface area contributed by atoms with Crippen LogP contribution in [0.25, 0.3) is 0 Å². The molecule has 1 N–H and O–H groups in total. The number of rotatable bonds is 1. The van der Waals surface area contributed by atoms with Gasteiger partial charge in [0.15, 0.2) is 6.04 Å². The first kappa shape index (κ1) is 12.0. The van der Waals surface area contributed by atoms with Crippen LogP contribution in [0.1, 0.15) is 26.7 Å². The van der Waals surface area contributed by atoms with E-state index in [-0.39, 0.29) is 5.41 Å². The zero-order chi connectivity index (χ0) is 11.9. The van der Waals surface area contributed by atoms with Gasteiger partial charge in [0.2, 0.25) is 0 Å². The molecule has 5 heteroatoms. The average Bonchev–Trinajstić information content (AvgIpc) is 2.14. The predicted molar refractivity (Wildman–Crippen MR) is 67.2 cm³/mol. The fraction of sp³-hybridized carbons (Fsp3) is 0.636. The Morgan fingerprint density at radius 1 is 1.56 bits per heavy atom. The summed E-state index contributed by atoms with van der Waals surface area (Å²) in [5.41, 5.74) is 0.963. The molecule has 0 fully saturated rings. The minimum Gasteiger partial charge on any atom is -0.480 e. The second-order valence-corrected chi connectivity index (χ2v) is 6.48. The van der Waals surface area contributed by atoms with Crippen molar-refractivity contribution in [1.82, 2.24) is 0 Å². The molecular formula is C11H14ClNO2S. The SMILES string of the molecule is CC1(C)CC2=NC(C(=O)O)CSC2=C(Cl)C1. The van der Waals surface area contributed by atoms with Crippen molar-refractivity contribution in [2.24, 2.45) is 10.4 Å². The molecule has 0 aromatic rings. The quantitative estimate of drug-likeness (QED) is 0.788. The summed E-state index contributed by atoms with van der Waals surface area (Å²) in [6.07, 6.45) is 1.67. The largest absolute Gasteiger partial charge is 0.480 e. The smallest absolute Gasteiger partial charge is 0.329 e. The molecule has 0 bridgehead atoms. The normalized spacial score (nSPS) is 28.4. The number of carboxylic acids is 1. The van der Waals surface area contributed by atoms with Crippen molar-refractivity contribution in [3.05, 3.63) is 9.94 Å². The molecule has 0 amide bonds. The number of nitrogens with zero attached hydrogens (tertiary/aromatic N) is 1. The van der Waals surface area contributed by atoms with E-state index in [1.165, 1.54) is 11.8 Å². The van der Waals surface area contributed by atoms with Crippen molar-refractivity contribution in [2.45, 2.75) is 32.7 Å². The molecule has 2 aliphatic rings. The number of allylic oxidation sites excluding steroid dienone is 2. The highest BCUT2D eigenvalue weighted by Gasteiger charge is 2.35. The fourth-order valence-corrected chi connectivity index (χ4v) is 3.73. The van der Waals surface area contributed by atoms with Crippen LogP contribution in [-0.2, 0) is 4.79 Å². The summed E-state index contributed by atoms with van der Waals surface area (Å²) in [4.78, 5) is 16.2. The first-order chi connectivity index (χ1) is 7.39. The van der Waals surface area contributed by atoms with Gasteiger partial charge in [-0.2, -0.15) is 0 Å². The third-order valence-corrected chi connectivity index (χ3v) is 4.46. The molecule has 1 aliphatic carbocycles. The van der Waals surface area contributed by atoms with E-state index in [0.717, 1.165) is 28.5 Å². The van der Waals surface area contributed by atoms with E-state index in [1.807, 2.05) is 0 Å². The van der Waals surface area contributed by atoms with Crippen LogP contribution in [0.4, 0.5) is 0 Å². The van der Waals surface area contributed by atoms with E-state index < -0.39 is 12.0 Å². The lowest BCUT2D eigenvalue weighted by molar-refractivity contribution is -0.137. The van der Waals surface area contributed by atoms with E-state index >= 15 is 0 Å². The van der Waals surface area contributed by atoms with Crippen LogP contribution < -0.4 is 0 Å². The molecule has 1 heterocycles. The Bertz CT molecular complexity index is 401. The second kappa shape index (κ2) is 4.08. The van der Waals surface area contributed by atoms with Gasteiger partial charge in [-0.25, -0.2) is 4.79 Å². The molecular weight excluding hydrogens is 246 g/mol. The van der Waals surface area contributed by atoms with Crippen LogP contribution in [0.2, 0.25) is 0 Å². The number of hydrogen-bond donors (Lipinski definition) is 1. The van der Waals surface area contributed by atoms with Crippen LogP contribution in [0.3, 0.4) is 0 Å². The lowest BCUT2D eigenvalue weighted by atomic mass is 9.79. The standard InChI is InChI=1S/C11H14ClNO2S/c1-11(2)3-6(12)9-7(4-11)13-8(5-16-9)10(14)15/h8H,3-5H2,1-2H3,(H,14,15). The summed E-state index contributed by atoms with van der Waals surface area (Å²) in [7, 11) is 0. The van der Waals surface area contributed by atoms with Crippen molar-refractivity contribution >= 4 is 35.0 Å².